The average molecular weight is 450 g/mol. The van der Waals surface area contributed by atoms with Crippen LogP contribution in [0.3, 0.4) is 0 Å². The molecule has 0 aliphatic rings. The summed E-state index contributed by atoms with van der Waals surface area (Å²) in [4.78, 5) is 12.3. The van der Waals surface area contributed by atoms with Crippen LogP contribution in [0.2, 0.25) is 0 Å². The number of hydrogen-bond acceptors (Lipinski definition) is 2. The fourth-order valence-electron chi connectivity index (χ4n) is 3.04. The first kappa shape index (κ1) is 16.7. The first-order valence-electron chi connectivity index (χ1n) is 8.22. The summed E-state index contributed by atoms with van der Waals surface area (Å²) < 4.78 is 1.01. The van der Waals surface area contributed by atoms with Crippen LogP contribution in [0.5, 0.6) is 0 Å². The van der Waals surface area contributed by atoms with Gasteiger partial charge in [0.2, 0.25) is 0 Å². The number of nitrogens with zero attached hydrogens (tertiary/aromatic N) is 1. The summed E-state index contributed by atoms with van der Waals surface area (Å²) >= 11 is 2.19. The van der Waals surface area contributed by atoms with Crippen molar-refractivity contribution < 1.29 is 4.79 Å². The SMILES string of the molecule is O=C(NN=Cc1c2ccccc2cc2ccccc12)c1cccc(I)c1. The van der Waals surface area contributed by atoms with Crippen molar-refractivity contribution in [2.75, 3.05) is 0 Å². The Kier molecular flexibility index (Phi) is 4.67. The summed E-state index contributed by atoms with van der Waals surface area (Å²) in [6.45, 7) is 0. The number of hydrazone groups is 1. The van der Waals surface area contributed by atoms with Crippen LogP contribution in [0, 0.1) is 3.57 Å². The van der Waals surface area contributed by atoms with Crippen LogP contribution in [0.1, 0.15) is 15.9 Å². The first-order chi connectivity index (χ1) is 12.7. The van der Waals surface area contributed by atoms with Crippen LogP contribution >= 0.6 is 22.6 Å². The van der Waals surface area contributed by atoms with E-state index in [0.29, 0.717) is 5.56 Å². The summed E-state index contributed by atoms with van der Waals surface area (Å²) in [5.41, 5.74) is 4.23. The van der Waals surface area contributed by atoms with Crippen LogP contribution in [-0.4, -0.2) is 12.1 Å². The normalized spacial score (nSPS) is 11.3. The van der Waals surface area contributed by atoms with E-state index in [1.807, 2.05) is 42.5 Å². The minimum absolute atomic E-state index is 0.218. The van der Waals surface area contributed by atoms with Gasteiger partial charge in [-0.1, -0.05) is 54.6 Å². The molecule has 1 N–H and O–H groups in total. The Hall–Kier alpha value is -2.73. The zero-order chi connectivity index (χ0) is 17.9. The lowest BCUT2D eigenvalue weighted by Crippen LogP contribution is -2.17. The molecule has 0 aliphatic heterocycles. The Morgan fingerprint density at radius 2 is 1.50 bits per heavy atom. The van der Waals surface area contributed by atoms with Gasteiger partial charge in [0.25, 0.3) is 5.91 Å². The number of halogens is 1. The van der Waals surface area contributed by atoms with Crippen LogP contribution in [-0.2, 0) is 0 Å². The van der Waals surface area contributed by atoms with Crippen molar-refractivity contribution in [2.45, 2.75) is 0 Å². The second-order valence-electron chi connectivity index (χ2n) is 5.94. The van der Waals surface area contributed by atoms with Crippen molar-refractivity contribution in [3.05, 3.63) is 93.6 Å². The molecule has 0 atom stereocenters. The number of hydrogen-bond donors (Lipinski definition) is 1. The van der Waals surface area contributed by atoms with Crippen LogP contribution in [0.4, 0.5) is 0 Å². The van der Waals surface area contributed by atoms with Gasteiger partial charge in [-0.15, -0.1) is 0 Å². The Balaban J connectivity index is 1.71. The number of nitrogens with one attached hydrogen (secondary N) is 1. The lowest BCUT2D eigenvalue weighted by atomic mass is 9.97. The minimum Gasteiger partial charge on any atom is -0.267 e. The van der Waals surface area contributed by atoms with Gasteiger partial charge in [0.1, 0.15) is 0 Å². The van der Waals surface area contributed by atoms with Gasteiger partial charge in [0.15, 0.2) is 0 Å². The molecule has 0 saturated carbocycles. The van der Waals surface area contributed by atoms with E-state index in [4.69, 9.17) is 0 Å². The maximum Gasteiger partial charge on any atom is 0.271 e. The highest BCUT2D eigenvalue weighted by Gasteiger charge is 2.07. The van der Waals surface area contributed by atoms with E-state index in [0.717, 1.165) is 30.7 Å². The molecule has 26 heavy (non-hydrogen) atoms. The molecule has 0 fully saturated rings. The minimum atomic E-state index is -0.218. The zero-order valence-corrected chi connectivity index (χ0v) is 16.0. The summed E-state index contributed by atoms with van der Waals surface area (Å²) in [6, 6.07) is 26.0. The quantitative estimate of drug-likeness (QED) is 0.194. The average Bonchev–Trinajstić information content (AvgIpc) is 2.67. The molecule has 126 valence electrons. The highest BCUT2D eigenvalue weighted by atomic mass is 127. The predicted octanol–water partition coefficient (Wildman–Crippen LogP) is 5.36. The largest absolute Gasteiger partial charge is 0.271 e. The van der Waals surface area contributed by atoms with Gasteiger partial charge in [-0.05, 0) is 68.4 Å². The predicted molar refractivity (Wildman–Crippen MR) is 116 cm³/mol. The lowest BCUT2D eigenvalue weighted by Gasteiger charge is -2.08. The maximum atomic E-state index is 12.3. The van der Waals surface area contributed by atoms with Crippen molar-refractivity contribution in [1.82, 2.24) is 5.43 Å². The van der Waals surface area contributed by atoms with E-state index in [-0.39, 0.29) is 5.91 Å². The third-order valence-electron chi connectivity index (χ3n) is 4.26. The summed E-state index contributed by atoms with van der Waals surface area (Å²) in [5.74, 6) is -0.218. The van der Waals surface area contributed by atoms with Gasteiger partial charge >= 0.3 is 0 Å². The second-order valence-corrected chi connectivity index (χ2v) is 7.19. The third kappa shape index (κ3) is 3.32. The molecule has 0 heterocycles. The van der Waals surface area contributed by atoms with Crippen LogP contribution < -0.4 is 5.43 Å². The molecule has 0 saturated heterocycles. The Morgan fingerprint density at radius 1 is 0.846 bits per heavy atom. The number of carbonyl (C=O) groups excluding carboxylic acids is 1. The molecule has 0 aromatic heterocycles. The van der Waals surface area contributed by atoms with Gasteiger partial charge in [-0.2, -0.15) is 5.10 Å². The summed E-state index contributed by atoms with van der Waals surface area (Å²) in [6.07, 6.45) is 1.73. The number of carbonyl (C=O) groups is 1. The molecule has 4 aromatic carbocycles. The summed E-state index contributed by atoms with van der Waals surface area (Å²) in [7, 11) is 0. The van der Waals surface area contributed by atoms with Gasteiger partial charge in [0, 0.05) is 14.7 Å². The van der Waals surface area contributed by atoms with E-state index >= 15 is 0 Å². The highest BCUT2D eigenvalue weighted by molar-refractivity contribution is 14.1. The number of amides is 1. The first-order valence-corrected chi connectivity index (χ1v) is 9.30. The Bertz CT molecular complexity index is 1100. The molecule has 4 heteroatoms. The molecule has 1 amide bonds. The van der Waals surface area contributed by atoms with Crippen molar-refractivity contribution in [3.63, 3.8) is 0 Å². The van der Waals surface area contributed by atoms with E-state index < -0.39 is 0 Å². The smallest absolute Gasteiger partial charge is 0.267 e. The van der Waals surface area contributed by atoms with Crippen molar-refractivity contribution in [2.24, 2.45) is 5.10 Å². The molecule has 0 spiro atoms. The highest BCUT2D eigenvalue weighted by Crippen LogP contribution is 2.27. The fourth-order valence-corrected chi connectivity index (χ4v) is 3.58. The Labute approximate surface area is 164 Å². The van der Waals surface area contributed by atoms with Crippen LogP contribution in [0.15, 0.2) is 84.0 Å². The monoisotopic (exact) mass is 450 g/mol. The molecule has 0 bridgehead atoms. The third-order valence-corrected chi connectivity index (χ3v) is 4.93. The topological polar surface area (TPSA) is 41.5 Å². The molecule has 4 aromatic rings. The van der Waals surface area contributed by atoms with Crippen molar-refractivity contribution >= 4 is 56.3 Å². The zero-order valence-electron chi connectivity index (χ0n) is 13.8. The molecule has 4 rings (SSSR count). The lowest BCUT2D eigenvalue weighted by molar-refractivity contribution is 0.0955. The number of rotatable bonds is 3. The fraction of sp³-hybridized carbons (Fsp3) is 0. The van der Waals surface area contributed by atoms with Crippen molar-refractivity contribution in [3.8, 4) is 0 Å². The van der Waals surface area contributed by atoms with E-state index in [1.54, 1.807) is 12.3 Å². The summed E-state index contributed by atoms with van der Waals surface area (Å²) in [5, 5.41) is 8.74. The maximum absolute atomic E-state index is 12.3. The van der Waals surface area contributed by atoms with Gasteiger partial charge in [-0.3, -0.25) is 4.79 Å². The standard InChI is InChI=1S/C22H15IN2O/c23-18-9-5-8-17(13-18)22(26)25-24-14-21-19-10-3-1-6-15(19)12-16-7-2-4-11-20(16)21/h1-14H,(H,25,26). The molecule has 0 radical (unpaired) electrons. The van der Waals surface area contributed by atoms with E-state index in [1.165, 1.54) is 0 Å². The number of fused-ring (bicyclic) bond motifs is 2. The molecule has 0 aliphatic carbocycles. The molecule has 3 nitrogen and oxygen atoms in total. The van der Waals surface area contributed by atoms with Gasteiger partial charge in [0.05, 0.1) is 6.21 Å². The molecular formula is C22H15IN2O. The van der Waals surface area contributed by atoms with Gasteiger partial charge in [-0.25, -0.2) is 5.43 Å². The number of benzene rings is 4. The van der Waals surface area contributed by atoms with E-state index in [9.17, 15) is 4.79 Å². The molecular weight excluding hydrogens is 435 g/mol. The van der Waals surface area contributed by atoms with Crippen LogP contribution in [0.25, 0.3) is 21.5 Å². The molecule has 0 unspecified atom stereocenters. The second kappa shape index (κ2) is 7.25. The Morgan fingerprint density at radius 3 is 2.15 bits per heavy atom. The van der Waals surface area contributed by atoms with Gasteiger partial charge < -0.3 is 0 Å². The van der Waals surface area contributed by atoms with E-state index in [2.05, 4.69) is 63.4 Å². The van der Waals surface area contributed by atoms with Crippen molar-refractivity contribution in [1.29, 1.82) is 0 Å².